The molecule has 0 aliphatic heterocycles. The monoisotopic (exact) mass is 251 g/mol. The number of thiophene rings is 1. The van der Waals surface area contributed by atoms with Crippen molar-refractivity contribution < 1.29 is 0 Å². The van der Waals surface area contributed by atoms with E-state index in [1.165, 1.54) is 23.1 Å². The normalized spacial score (nSPS) is 10.6. The van der Waals surface area contributed by atoms with E-state index in [0.717, 1.165) is 15.3 Å². The summed E-state index contributed by atoms with van der Waals surface area (Å²) in [5.74, 6) is 0.289. The molecule has 0 amide bonds. The fourth-order valence-corrected chi connectivity index (χ4v) is 3.01. The second-order valence-electron chi connectivity index (χ2n) is 3.28. The van der Waals surface area contributed by atoms with Gasteiger partial charge in [-0.15, -0.1) is 11.3 Å². The molecule has 6 heteroatoms. The number of nitrogens with zero attached hydrogens (tertiary/aromatic N) is 2. The van der Waals surface area contributed by atoms with E-state index in [9.17, 15) is 4.79 Å². The molecule has 0 aliphatic carbocycles. The smallest absolute Gasteiger partial charge is 0.260 e. The van der Waals surface area contributed by atoms with E-state index in [1.807, 2.05) is 19.9 Å². The van der Waals surface area contributed by atoms with E-state index in [1.54, 1.807) is 0 Å². The van der Waals surface area contributed by atoms with Gasteiger partial charge in [-0.3, -0.25) is 4.79 Å². The van der Waals surface area contributed by atoms with Crippen molar-refractivity contribution in [2.45, 2.75) is 19.0 Å². The summed E-state index contributed by atoms with van der Waals surface area (Å²) < 4.78 is 0. The Hall–Kier alpha value is -1.32. The standard InChI is InChI=1S/C10H9N3OS2/c1-5-6(2)16-9-7(5)8(14)12-10(13-9)15-4-3-11/h4H2,1-2H3,(H,12,13,14). The first-order chi connectivity index (χ1) is 7.63. The summed E-state index contributed by atoms with van der Waals surface area (Å²) in [5, 5.41) is 9.65. The second kappa shape index (κ2) is 4.28. The van der Waals surface area contributed by atoms with Crippen molar-refractivity contribution in [3.05, 3.63) is 20.8 Å². The van der Waals surface area contributed by atoms with Gasteiger partial charge in [-0.1, -0.05) is 11.8 Å². The fraction of sp³-hybridized carbons (Fsp3) is 0.300. The van der Waals surface area contributed by atoms with Crippen LogP contribution in [-0.2, 0) is 0 Å². The van der Waals surface area contributed by atoms with E-state index in [4.69, 9.17) is 5.26 Å². The Morgan fingerprint density at radius 2 is 2.31 bits per heavy atom. The molecule has 2 rings (SSSR count). The van der Waals surface area contributed by atoms with Crippen LogP contribution in [0.3, 0.4) is 0 Å². The SMILES string of the molecule is Cc1sc2nc(SCC#N)[nH]c(=O)c2c1C. The molecule has 82 valence electrons. The quantitative estimate of drug-likeness (QED) is 0.656. The molecule has 2 aromatic rings. The third kappa shape index (κ3) is 1.84. The van der Waals surface area contributed by atoms with E-state index in [0.29, 0.717) is 10.5 Å². The zero-order chi connectivity index (χ0) is 11.7. The number of aromatic amines is 1. The molecule has 0 unspecified atom stereocenters. The highest BCUT2D eigenvalue weighted by atomic mass is 32.2. The highest BCUT2D eigenvalue weighted by Gasteiger charge is 2.11. The lowest BCUT2D eigenvalue weighted by molar-refractivity contribution is 0.981. The zero-order valence-electron chi connectivity index (χ0n) is 8.83. The van der Waals surface area contributed by atoms with Gasteiger partial charge < -0.3 is 4.98 Å². The summed E-state index contributed by atoms with van der Waals surface area (Å²) in [5.41, 5.74) is 0.873. The highest BCUT2D eigenvalue weighted by molar-refractivity contribution is 7.99. The molecule has 0 aliphatic rings. The number of fused-ring (bicyclic) bond motifs is 1. The first kappa shape index (κ1) is 11.2. The van der Waals surface area contributed by atoms with Crippen LogP contribution in [0.15, 0.2) is 9.95 Å². The Kier molecular flexibility index (Phi) is 2.99. The molecule has 4 nitrogen and oxygen atoms in total. The molecule has 0 radical (unpaired) electrons. The molecule has 0 bridgehead atoms. The Morgan fingerprint density at radius 3 is 3.00 bits per heavy atom. The number of aromatic nitrogens is 2. The predicted molar refractivity (Wildman–Crippen MR) is 66.1 cm³/mol. The summed E-state index contributed by atoms with van der Waals surface area (Å²) >= 11 is 2.76. The van der Waals surface area contributed by atoms with Gasteiger partial charge in [0.15, 0.2) is 5.16 Å². The van der Waals surface area contributed by atoms with Crippen LogP contribution in [0.5, 0.6) is 0 Å². The van der Waals surface area contributed by atoms with Crippen LogP contribution in [0.1, 0.15) is 10.4 Å². The zero-order valence-corrected chi connectivity index (χ0v) is 10.5. The largest absolute Gasteiger partial charge is 0.301 e. The van der Waals surface area contributed by atoms with Gasteiger partial charge in [0.1, 0.15) is 4.83 Å². The minimum Gasteiger partial charge on any atom is -0.301 e. The van der Waals surface area contributed by atoms with Gasteiger partial charge in [-0.25, -0.2) is 4.98 Å². The van der Waals surface area contributed by atoms with Gasteiger partial charge in [0.2, 0.25) is 0 Å². The van der Waals surface area contributed by atoms with Crippen LogP contribution >= 0.6 is 23.1 Å². The Morgan fingerprint density at radius 1 is 1.56 bits per heavy atom. The van der Waals surface area contributed by atoms with Crippen molar-refractivity contribution in [1.82, 2.24) is 9.97 Å². The highest BCUT2D eigenvalue weighted by Crippen LogP contribution is 2.26. The van der Waals surface area contributed by atoms with Crippen LogP contribution in [-0.4, -0.2) is 15.7 Å². The van der Waals surface area contributed by atoms with E-state index >= 15 is 0 Å². The number of aryl methyl sites for hydroxylation is 2. The summed E-state index contributed by atoms with van der Waals surface area (Å²) in [7, 11) is 0. The van der Waals surface area contributed by atoms with Crippen molar-refractivity contribution in [2.75, 3.05) is 5.75 Å². The number of nitriles is 1. The van der Waals surface area contributed by atoms with Crippen molar-refractivity contribution >= 4 is 33.3 Å². The minimum absolute atomic E-state index is 0.118. The maximum Gasteiger partial charge on any atom is 0.260 e. The van der Waals surface area contributed by atoms with E-state index in [-0.39, 0.29) is 11.3 Å². The summed E-state index contributed by atoms with van der Waals surface area (Å²) in [6.45, 7) is 3.90. The molecular formula is C10H9N3OS2. The molecule has 0 saturated carbocycles. The Labute approximate surface area is 100 Å². The van der Waals surface area contributed by atoms with E-state index in [2.05, 4.69) is 9.97 Å². The molecule has 0 spiro atoms. The predicted octanol–water partition coefficient (Wildman–Crippen LogP) is 2.22. The number of hydrogen-bond acceptors (Lipinski definition) is 5. The first-order valence-electron chi connectivity index (χ1n) is 4.63. The van der Waals surface area contributed by atoms with Crippen molar-refractivity contribution in [3.8, 4) is 6.07 Å². The summed E-state index contributed by atoms with van der Waals surface area (Å²) in [6.07, 6.45) is 0. The molecule has 1 N–H and O–H groups in total. The van der Waals surface area contributed by atoms with Gasteiger partial charge in [0, 0.05) is 4.88 Å². The third-order valence-corrected chi connectivity index (χ3v) is 4.13. The maximum absolute atomic E-state index is 11.8. The average Bonchev–Trinajstić information content (AvgIpc) is 2.52. The van der Waals surface area contributed by atoms with Crippen molar-refractivity contribution in [2.24, 2.45) is 0 Å². The van der Waals surface area contributed by atoms with Crippen LogP contribution in [0.25, 0.3) is 10.2 Å². The van der Waals surface area contributed by atoms with Crippen LogP contribution in [0, 0.1) is 25.2 Å². The van der Waals surface area contributed by atoms with Crippen molar-refractivity contribution in [1.29, 1.82) is 5.26 Å². The summed E-state index contributed by atoms with van der Waals surface area (Å²) in [4.78, 5) is 20.7. The number of nitrogens with one attached hydrogen (secondary N) is 1. The lowest BCUT2D eigenvalue weighted by Gasteiger charge is -1.96. The van der Waals surface area contributed by atoms with Gasteiger partial charge in [0.05, 0.1) is 17.2 Å². The van der Waals surface area contributed by atoms with Gasteiger partial charge in [-0.2, -0.15) is 5.26 Å². The molecule has 0 aromatic carbocycles. The molecule has 0 fully saturated rings. The molecular weight excluding hydrogens is 242 g/mol. The fourth-order valence-electron chi connectivity index (χ4n) is 1.40. The molecule has 2 heterocycles. The molecule has 0 atom stereocenters. The molecule has 16 heavy (non-hydrogen) atoms. The lowest BCUT2D eigenvalue weighted by Crippen LogP contribution is -2.08. The van der Waals surface area contributed by atoms with Crippen LogP contribution in [0.2, 0.25) is 0 Å². The van der Waals surface area contributed by atoms with Gasteiger partial charge in [-0.05, 0) is 19.4 Å². The lowest BCUT2D eigenvalue weighted by atomic mass is 10.2. The number of rotatable bonds is 2. The van der Waals surface area contributed by atoms with Gasteiger partial charge >= 0.3 is 0 Å². The third-order valence-electron chi connectivity index (χ3n) is 2.29. The maximum atomic E-state index is 11.8. The number of hydrogen-bond donors (Lipinski definition) is 1. The van der Waals surface area contributed by atoms with Crippen LogP contribution in [0.4, 0.5) is 0 Å². The molecule has 2 aromatic heterocycles. The Bertz CT molecular complexity index is 636. The Balaban J connectivity index is 2.61. The van der Waals surface area contributed by atoms with Crippen LogP contribution < -0.4 is 5.56 Å². The second-order valence-corrected chi connectivity index (χ2v) is 5.45. The van der Waals surface area contributed by atoms with Gasteiger partial charge in [0.25, 0.3) is 5.56 Å². The average molecular weight is 251 g/mol. The molecule has 0 saturated heterocycles. The summed E-state index contributed by atoms with van der Waals surface area (Å²) in [6, 6.07) is 2.00. The van der Waals surface area contributed by atoms with E-state index < -0.39 is 0 Å². The van der Waals surface area contributed by atoms with Crippen molar-refractivity contribution in [3.63, 3.8) is 0 Å². The number of H-pyrrole nitrogens is 1. The minimum atomic E-state index is -0.118. The number of thioether (sulfide) groups is 1. The topological polar surface area (TPSA) is 69.5 Å². The first-order valence-corrected chi connectivity index (χ1v) is 6.43.